The second kappa shape index (κ2) is 9.43. The molecule has 0 radical (unpaired) electrons. The number of nitrogens with zero attached hydrogens (tertiary/aromatic N) is 2. The molecular formula is C21H28N4O5. The molecule has 0 aliphatic rings. The highest BCUT2D eigenvalue weighted by molar-refractivity contribution is 5.97. The van der Waals surface area contributed by atoms with Gasteiger partial charge in [0.05, 0.1) is 13.0 Å². The fraction of sp³-hybridized carbons (Fsp3) is 0.429. The molecule has 1 amide bonds. The lowest BCUT2D eigenvalue weighted by molar-refractivity contribution is -0.149. The van der Waals surface area contributed by atoms with Crippen molar-refractivity contribution in [1.82, 2.24) is 9.55 Å². The third-order valence-electron chi connectivity index (χ3n) is 4.32. The molecule has 0 spiro atoms. The number of H-pyrrole nitrogens is 1. The summed E-state index contributed by atoms with van der Waals surface area (Å²) in [5, 5.41) is 0. The summed E-state index contributed by atoms with van der Waals surface area (Å²) in [6, 6.07) is 9.10. The van der Waals surface area contributed by atoms with Crippen molar-refractivity contribution < 1.29 is 14.3 Å². The summed E-state index contributed by atoms with van der Waals surface area (Å²) in [5.74, 6) is -1.26. The maximum absolute atomic E-state index is 12.7. The number of likely N-dealkylation sites (N-methyl/N-ethyl adjacent to an activating group) is 1. The Hall–Kier alpha value is -3.36. The highest BCUT2D eigenvalue weighted by Crippen LogP contribution is 2.20. The van der Waals surface area contributed by atoms with Gasteiger partial charge in [0.15, 0.2) is 12.3 Å². The topological polar surface area (TPSA) is 127 Å². The molecule has 0 aliphatic heterocycles. The van der Waals surface area contributed by atoms with E-state index in [0.717, 1.165) is 10.5 Å². The van der Waals surface area contributed by atoms with Gasteiger partial charge in [0, 0.05) is 6.54 Å². The van der Waals surface area contributed by atoms with Crippen LogP contribution in [0.3, 0.4) is 0 Å². The maximum atomic E-state index is 12.7. The largest absolute Gasteiger partial charge is 0.456 e. The molecule has 0 bridgehead atoms. The second-order valence-corrected chi connectivity index (χ2v) is 8.10. The van der Waals surface area contributed by atoms with Crippen molar-refractivity contribution >= 4 is 23.4 Å². The van der Waals surface area contributed by atoms with Crippen LogP contribution in [-0.4, -0.2) is 34.6 Å². The van der Waals surface area contributed by atoms with Gasteiger partial charge in [-0.3, -0.25) is 23.9 Å². The first-order valence-corrected chi connectivity index (χ1v) is 9.66. The fourth-order valence-corrected chi connectivity index (χ4v) is 2.92. The Morgan fingerprint density at radius 3 is 2.37 bits per heavy atom. The van der Waals surface area contributed by atoms with Crippen LogP contribution in [0.1, 0.15) is 39.7 Å². The molecule has 0 saturated heterocycles. The van der Waals surface area contributed by atoms with Crippen molar-refractivity contribution in [3.63, 3.8) is 0 Å². The fourth-order valence-electron chi connectivity index (χ4n) is 2.92. The molecule has 3 N–H and O–H groups in total. The van der Waals surface area contributed by atoms with Crippen LogP contribution in [0.15, 0.2) is 39.9 Å². The summed E-state index contributed by atoms with van der Waals surface area (Å²) in [7, 11) is 0. The lowest BCUT2D eigenvalue weighted by atomic mass is 9.92. The van der Waals surface area contributed by atoms with E-state index in [1.165, 1.54) is 4.57 Å². The lowest BCUT2D eigenvalue weighted by Gasteiger charge is -2.23. The van der Waals surface area contributed by atoms with E-state index in [0.29, 0.717) is 0 Å². The number of carbonyl (C=O) groups is 2. The Morgan fingerprint density at radius 2 is 1.80 bits per heavy atom. The number of amides is 1. The number of aromatic amines is 1. The Morgan fingerprint density at radius 1 is 1.17 bits per heavy atom. The number of nitrogen functional groups attached to an aromatic ring is 1. The number of ether oxygens (including phenoxy) is 1. The maximum Gasteiger partial charge on any atom is 0.330 e. The van der Waals surface area contributed by atoms with Gasteiger partial charge in [-0.05, 0) is 17.9 Å². The van der Waals surface area contributed by atoms with Crippen LogP contribution in [0.4, 0.5) is 11.5 Å². The Balaban J connectivity index is 2.30. The summed E-state index contributed by atoms with van der Waals surface area (Å²) in [5.41, 5.74) is 5.05. The van der Waals surface area contributed by atoms with Gasteiger partial charge in [0.2, 0.25) is 0 Å². The van der Waals surface area contributed by atoms with Crippen molar-refractivity contribution in [2.24, 2.45) is 5.41 Å². The smallest absolute Gasteiger partial charge is 0.330 e. The minimum Gasteiger partial charge on any atom is -0.456 e. The highest BCUT2D eigenvalue weighted by Gasteiger charge is 2.25. The van der Waals surface area contributed by atoms with Crippen molar-refractivity contribution in [2.45, 2.75) is 40.7 Å². The lowest BCUT2D eigenvalue weighted by Crippen LogP contribution is -2.42. The first-order chi connectivity index (χ1) is 14.0. The third kappa shape index (κ3) is 5.82. The number of esters is 1. The van der Waals surface area contributed by atoms with E-state index < -0.39 is 29.7 Å². The van der Waals surface area contributed by atoms with E-state index in [2.05, 4.69) is 4.98 Å². The minimum atomic E-state index is -0.780. The number of benzene rings is 1. The molecule has 162 valence electrons. The number of hydrogen-bond donors (Lipinski definition) is 2. The highest BCUT2D eigenvalue weighted by atomic mass is 16.5. The van der Waals surface area contributed by atoms with Gasteiger partial charge in [0.25, 0.3) is 11.5 Å². The van der Waals surface area contributed by atoms with Crippen molar-refractivity contribution in [3.8, 4) is 0 Å². The number of carbonyl (C=O) groups excluding carboxylic acids is 2. The molecule has 0 unspecified atom stereocenters. The quantitative estimate of drug-likeness (QED) is 0.659. The van der Waals surface area contributed by atoms with E-state index in [1.54, 1.807) is 6.92 Å². The molecule has 2 aromatic rings. The first-order valence-electron chi connectivity index (χ1n) is 9.66. The van der Waals surface area contributed by atoms with E-state index in [9.17, 15) is 19.2 Å². The van der Waals surface area contributed by atoms with Crippen LogP contribution in [0.5, 0.6) is 0 Å². The number of rotatable bonds is 7. The van der Waals surface area contributed by atoms with Crippen LogP contribution < -0.4 is 21.9 Å². The van der Waals surface area contributed by atoms with Gasteiger partial charge < -0.3 is 15.4 Å². The Labute approximate surface area is 174 Å². The van der Waals surface area contributed by atoms with E-state index in [1.807, 2.05) is 51.1 Å². The molecule has 1 aromatic carbocycles. The molecule has 0 aliphatic carbocycles. The average molecular weight is 416 g/mol. The minimum absolute atomic E-state index is 0.104. The molecule has 1 aromatic heterocycles. The van der Waals surface area contributed by atoms with Crippen LogP contribution in [-0.2, 0) is 20.9 Å². The molecule has 9 heteroatoms. The van der Waals surface area contributed by atoms with E-state index >= 15 is 0 Å². The summed E-state index contributed by atoms with van der Waals surface area (Å²) < 4.78 is 6.25. The van der Waals surface area contributed by atoms with Crippen LogP contribution in [0.25, 0.3) is 0 Å². The summed E-state index contributed by atoms with van der Waals surface area (Å²) in [6.45, 7) is 6.99. The van der Waals surface area contributed by atoms with Crippen LogP contribution >= 0.6 is 0 Å². The monoisotopic (exact) mass is 416 g/mol. The number of aromatic nitrogens is 2. The molecule has 1 heterocycles. The van der Waals surface area contributed by atoms with Gasteiger partial charge in [-0.25, -0.2) is 4.79 Å². The third-order valence-corrected chi connectivity index (χ3v) is 4.32. The zero-order valence-corrected chi connectivity index (χ0v) is 17.7. The second-order valence-electron chi connectivity index (χ2n) is 8.10. The molecular weight excluding hydrogens is 388 g/mol. The standard InChI is InChI=1S/C21H28N4O5/c1-5-24(15(26)13-30-16(27)11-21(2,3)4)17-18(22)25(20(29)23-19(17)28)12-14-9-7-6-8-10-14/h6-10H,5,11-13,22H2,1-4H3,(H,23,28,29). The van der Waals surface area contributed by atoms with Gasteiger partial charge >= 0.3 is 11.7 Å². The van der Waals surface area contributed by atoms with E-state index in [4.69, 9.17) is 10.5 Å². The number of hydrogen-bond acceptors (Lipinski definition) is 6. The summed E-state index contributed by atoms with van der Waals surface area (Å²) in [4.78, 5) is 52.6. The number of nitrogens with two attached hydrogens (primary N) is 1. The zero-order chi connectivity index (χ0) is 22.5. The SMILES string of the molecule is CCN(C(=O)COC(=O)CC(C)(C)C)c1c(N)n(Cc2ccccc2)c(=O)[nH]c1=O. The molecule has 9 nitrogen and oxygen atoms in total. The molecule has 2 rings (SSSR count). The van der Waals surface area contributed by atoms with E-state index in [-0.39, 0.29) is 36.4 Å². The predicted molar refractivity (Wildman–Crippen MR) is 114 cm³/mol. The zero-order valence-electron chi connectivity index (χ0n) is 17.7. The predicted octanol–water partition coefficient (Wildman–Crippen LogP) is 1.50. The number of anilines is 2. The molecule has 30 heavy (non-hydrogen) atoms. The molecule has 0 saturated carbocycles. The van der Waals surface area contributed by atoms with Crippen molar-refractivity contribution in [1.29, 1.82) is 0 Å². The Kier molecular flexibility index (Phi) is 7.20. The Bertz CT molecular complexity index is 1020. The molecule has 0 atom stereocenters. The number of nitrogens with one attached hydrogen (secondary N) is 1. The summed E-state index contributed by atoms with van der Waals surface area (Å²) >= 11 is 0. The van der Waals surface area contributed by atoms with Crippen LogP contribution in [0.2, 0.25) is 0 Å². The van der Waals surface area contributed by atoms with Crippen LogP contribution in [0, 0.1) is 5.41 Å². The first kappa shape index (κ1) is 22.9. The summed E-state index contributed by atoms with van der Waals surface area (Å²) in [6.07, 6.45) is 0.150. The molecule has 0 fully saturated rings. The van der Waals surface area contributed by atoms with Crippen molar-refractivity contribution in [3.05, 3.63) is 56.7 Å². The van der Waals surface area contributed by atoms with Gasteiger partial charge in [0.1, 0.15) is 5.82 Å². The van der Waals surface area contributed by atoms with Crippen molar-refractivity contribution in [2.75, 3.05) is 23.8 Å². The average Bonchev–Trinajstić information content (AvgIpc) is 2.66. The normalized spacial score (nSPS) is 11.2. The van der Waals surface area contributed by atoms with Gasteiger partial charge in [-0.15, -0.1) is 0 Å². The van der Waals surface area contributed by atoms with Gasteiger partial charge in [-0.1, -0.05) is 51.1 Å². The van der Waals surface area contributed by atoms with Gasteiger partial charge in [-0.2, -0.15) is 0 Å².